The lowest BCUT2D eigenvalue weighted by atomic mass is 9.98. The summed E-state index contributed by atoms with van der Waals surface area (Å²) in [4.78, 5) is 16.0. The molecule has 128 valence electrons. The summed E-state index contributed by atoms with van der Waals surface area (Å²) in [5.41, 5.74) is 2.07. The number of carbonyl (C=O) groups is 1. The zero-order valence-corrected chi connectivity index (χ0v) is 14.9. The van der Waals surface area contributed by atoms with Crippen LogP contribution < -0.4 is 4.74 Å². The van der Waals surface area contributed by atoms with E-state index in [9.17, 15) is 9.90 Å². The third-order valence-electron chi connectivity index (χ3n) is 4.50. The SMILES string of the molecule is CCC1c2ccsc2CCN1C(=O)COc1cccc(C(C)O)c1. The molecule has 0 spiro atoms. The van der Waals surface area contributed by atoms with Crippen molar-refractivity contribution < 1.29 is 14.6 Å². The lowest BCUT2D eigenvalue weighted by molar-refractivity contribution is -0.136. The number of fused-ring (bicyclic) bond motifs is 1. The number of rotatable bonds is 5. The molecule has 3 rings (SSSR count). The molecule has 1 amide bonds. The van der Waals surface area contributed by atoms with E-state index in [2.05, 4.69) is 18.4 Å². The Morgan fingerprint density at radius 2 is 2.29 bits per heavy atom. The van der Waals surface area contributed by atoms with E-state index < -0.39 is 6.10 Å². The van der Waals surface area contributed by atoms with Crippen LogP contribution in [-0.4, -0.2) is 29.1 Å². The molecule has 2 atom stereocenters. The number of amides is 1. The Hall–Kier alpha value is -1.85. The number of thiophene rings is 1. The Balaban J connectivity index is 1.66. The van der Waals surface area contributed by atoms with Gasteiger partial charge in [0.2, 0.25) is 0 Å². The van der Waals surface area contributed by atoms with Crippen LogP contribution in [0, 0.1) is 0 Å². The van der Waals surface area contributed by atoms with Crippen molar-refractivity contribution in [2.45, 2.75) is 38.8 Å². The van der Waals surface area contributed by atoms with Crippen LogP contribution in [0.5, 0.6) is 5.75 Å². The molecule has 0 bridgehead atoms. The highest BCUT2D eigenvalue weighted by Gasteiger charge is 2.30. The Morgan fingerprint density at radius 3 is 3.04 bits per heavy atom. The highest BCUT2D eigenvalue weighted by molar-refractivity contribution is 7.10. The summed E-state index contributed by atoms with van der Waals surface area (Å²) in [5.74, 6) is 0.629. The standard InChI is InChI=1S/C19H23NO3S/c1-3-17-16-8-10-24-18(16)7-9-20(17)19(22)12-23-15-6-4-5-14(11-15)13(2)21/h4-6,8,10-11,13,17,21H,3,7,9,12H2,1-2H3. The third kappa shape index (κ3) is 3.47. The number of benzene rings is 1. The van der Waals surface area contributed by atoms with E-state index >= 15 is 0 Å². The van der Waals surface area contributed by atoms with Crippen molar-refractivity contribution in [2.24, 2.45) is 0 Å². The van der Waals surface area contributed by atoms with Gasteiger partial charge in [-0.05, 0) is 54.5 Å². The Morgan fingerprint density at radius 1 is 1.46 bits per heavy atom. The van der Waals surface area contributed by atoms with E-state index in [-0.39, 0.29) is 18.6 Å². The fourth-order valence-electron chi connectivity index (χ4n) is 3.23. The van der Waals surface area contributed by atoms with Crippen LogP contribution in [0.4, 0.5) is 0 Å². The highest BCUT2D eigenvalue weighted by atomic mass is 32.1. The highest BCUT2D eigenvalue weighted by Crippen LogP contribution is 2.35. The summed E-state index contributed by atoms with van der Waals surface area (Å²) in [6, 6.07) is 9.55. The fraction of sp³-hybridized carbons (Fsp3) is 0.421. The molecule has 2 unspecified atom stereocenters. The van der Waals surface area contributed by atoms with Crippen LogP contribution >= 0.6 is 11.3 Å². The Kier molecular flexibility index (Phi) is 5.21. The summed E-state index contributed by atoms with van der Waals surface area (Å²) in [6.45, 7) is 4.61. The summed E-state index contributed by atoms with van der Waals surface area (Å²) < 4.78 is 5.67. The van der Waals surface area contributed by atoms with Crippen molar-refractivity contribution in [1.82, 2.24) is 4.90 Å². The first-order valence-corrected chi connectivity index (χ1v) is 9.24. The van der Waals surface area contributed by atoms with Crippen LogP contribution in [0.25, 0.3) is 0 Å². The van der Waals surface area contributed by atoms with Crippen molar-refractivity contribution in [2.75, 3.05) is 13.2 Å². The van der Waals surface area contributed by atoms with Gasteiger partial charge in [-0.25, -0.2) is 0 Å². The normalized spacial score (nSPS) is 18.1. The van der Waals surface area contributed by atoms with E-state index in [0.29, 0.717) is 5.75 Å². The van der Waals surface area contributed by atoms with Gasteiger partial charge in [0, 0.05) is 11.4 Å². The van der Waals surface area contributed by atoms with Gasteiger partial charge in [-0.2, -0.15) is 0 Å². The molecule has 1 aliphatic rings. The number of hydrogen-bond acceptors (Lipinski definition) is 4. The van der Waals surface area contributed by atoms with E-state index in [4.69, 9.17) is 4.74 Å². The minimum Gasteiger partial charge on any atom is -0.484 e. The molecule has 0 aliphatic carbocycles. The molecular formula is C19H23NO3S. The predicted molar refractivity (Wildman–Crippen MR) is 95.3 cm³/mol. The van der Waals surface area contributed by atoms with Gasteiger partial charge in [0.15, 0.2) is 6.61 Å². The molecular weight excluding hydrogens is 322 g/mol. The first kappa shape index (κ1) is 17.0. The van der Waals surface area contributed by atoms with Crippen LogP contribution in [-0.2, 0) is 11.2 Å². The molecule has 2 heterocycles. The third-order valence-corrected chi connectivity index (χ3v) is 5.50. The Bertz CT molecular complexity index is 710. The average Bonchev–Trinajstić information content (AvgIpc) is 3.07. The lowest BCUT2D eigenvalue weighted by Crippen LogP contribution is -2.41. The van der Waals surface area contributed by atoms with E-state index in [1.165, 1.54) is 10.4 Å². The first-order valence-electron chi connectivity index (χ1n) is 8.36. The molecule has 24 heavy (non-hydrogen) atoms. The van der Waals surface area contributed by atoms with Crippen LogP contribution in [0.15, 0.2) is 35.7 Å². The molecule has 5 heteroatoms. The summed E-state index contributed by atoms with van der Waals surface area (Å²) >= 11 is 1.78. The Labute approximate surface area is 146 Å². The summed E-state index contributed by atoms with van der Waals surface area (Å²) in [5, 5.41) is 11.7. The minimum absolute atomic E-state index is 0.0150. The van der Waals surface area contributed by atoms with Gasteiger partial charge in [-0.1, -0.05) is 19.1 Å². The van der Waals surface area contributed by atoms with E-state index in [1.54, 1.807) is 24.3 Å². The topological polar surface area (TPSA) is 49.8 Å². The second-order valence-corrected chi connectivity index (χ2v) is 7.10. The van der Waals surface area contributed by atoms with Crippen molar-refractivity contribution in [1.29, 1.82) is 0 Å². The largest absolute Gasteiger partial charge is 0.484 e. The van der Waals surface area contributed by atoms with E-state index in [1.807, 2.05) is 23.1 Å². The molecule has 4 nitrogen and oxygen atoms in total. The van der Waals surface area contributed by atoms with Crippen LogP contribution in [0.2, 0.25) is 0 Å². The van der Waals surface area contributed by atoms with Crippen LogP contribution in [0.3, 0.4) is 0 Å². The second-order valence-electron chi connectivity index (χ2n) is 6.10. The molecule has 1 N–H and O–H groups in total. The number of aliphatic hydroxyl groups excluding tert-OH is 1. The van der Waals surface area contributed by atoms with Gasteiger partial charge >= 0.3 is 0 Å². The monoisotopic (exact) mass is 345 g/mol. The number of aliphatic hydroxyl groups is 1. The number of hydrogen-bond donors (Lipinski definition) is 1. The summed E-state index contributed by atoms with van der Waals surface area (Å²) in [6.07, 6.45) is 1.28. The number of carbonyl (C=O) groups excluding carboxylic acids is 1. The number of nitrogens with zero attached hydrogens (tertiary/aromatic N) is 1. The molecule has 0 radical (unpaired) electrons. The maximum atomic E-state index is 12.6. The molecule has 1 aliphatic heterocycles. The molecule has 2 aromatic rings. The van der Waals surface area contributed by atoms with Crippen molar-refractivity contribution in [3.05, 3.63) is 51.7 Å². The average molecular weight is 345 g/mol. The zero-order valence-electron chi connectivity index (χ0n) is 14.1. The molecule has 0 fully saturated rings. The van der Waals surface area contributed by atoms with Gasteiger partial charge < -0.3 is 14.7 Å². The van der Waals surface area contributed by atoms with Gasteiger partial charge in [0.25, 0.3) is 5.91 Å². The van der Waals surface area contributed by atoms with Crippen molar-refractivity contribution in [3.63, 3.8) is 0 Å². The minimum atomic E-state index is -0.548. The van der Waals surface area contributed by atoms with Gasteiger partial charge in [-0.15, -0.1) is 11.3 Å². The molecule has 0 saturated heterocycles. The summed E-state index contributed by atoms with van der Waals surface area (Å²) in [7, 11) is 0. The smallest absolute Gasteiger partial charge is 0.261 e. The van der Waals surface area contributed by atoms with E-state index in [0.717, 1.165) is 24.9 Å². The van der Waals surface area contributed by atoms with Crippen LogP contribution in [0.1, 0.15) is 48.4 Å². The van der Waals surface area contributed by atoms with Gasteiger partial charge in [0.1, 0.15) is 5.75 Å². The quantitative estimate of drug-likeness (QED) is 0.898. The van der Waals surface area contributed by atoms with Gasteiger partial charge in [-0.3, -0.25) is 4.79 Å². The molecule has 0 saturated carbocycles. The van der Waals surface area contributed by atoms with Gasteiger partial charge in [0.05, 0.1) is 12.1 Å². The lowest BCUT2D eigenvalue weighted by Gasteiger charge is -2.35. The maximum Gasteiger partial charge on any atom is 0.261 e. The van der Waals surface area contributed by atoms with Crippen molar-refractivity contribution >= 4 is 17.2 Å². The molecule has 1 aromatic heterocycles. The predicted octanol–water partition coefficient (Wildman–Crippen LogP) is 3.72. The van der Waals surface area contributed by atoms with Crippen molar-refractivity contribution in [3.8, 4) is 5.75 Å². The maximum absolute atomic E-state index is 12.6. The fourth-order valence-corrected chi connectivity index (χ4v) is 4.16. The molecule has 1 aromatic carbocycles. The number of ether oxygens (including phenoxy) is 1. The zero-order chi connectivity index (χ0) is 17.1. The second kappa shape index (κ2) is 7.36. The first-order chi connectivity index (χ1) is 11.6.